The molecule has 2 rings (SSSR count). The lowest BCUT2D eigenvalue weighted by Crippen LogP contribution is -2.47. The van der Waals surface area contributed by atoms with Crippen molar-refractivity contribution >= 4 is 0 Å². The molecule has 1 saturated heterocycles. The molecule has 1 heterocycles. The van der Waals surface area contributed by atoms with E-state index in [0.29, 0.717) is 30.2 Å². The number of benzene rings is 1. The molecular formula is C14H20F2N2O2. The third kappa shape index (κ3) is 3.02. The van der Waals surface area contributed by atoms with Gasteiger partial charge in [0.1, 0.15) is 6.04 Å². The fourth-order valence-corrected chi connectivity index (χ4v) is 2.60. The highest BCUT2D eigenvalue weighted by molar-refractivity contribution is 5.48. The average molecular weight is 286 g/mol. The monoisotopic (exact) mass is 286 g/mol. The molecule has 0 aliphatic carbocycles. The summed E-state index contributed by atoms with van der Waals surface area (Å²) in [5, 5.41) is 3.17. The standard InChI is InChI=1S/C14H20F2N2O2/c1-19-11-5-3-4-10(13(11)20-2)12(14(15)16)18-8-6-17-7-9-18/h3-5,12,14,17H,6-9H2,1-2H3/t12-/m1/s1. The van der Waals surface area contributed by atoms with E-state index < -0.39 is 12.5 Å². The summed E-state index contributed by atoms with van der Waals surface area (Å²) in [4.78, 5) is 1.79. The highest BCUT2D eigenvalue weighted by Crippen LogP contribution is 2.39. The van der Waals surface area contributed by atoms with Crippen LogP contribution < -0.4 is 14.8 Å². The van der Waals surface area contributed by atoms with Crippen LogP contribution in [0.15, 0.2) is 18.2 Å². The van der Waals surface area contributed by atoms with E-state index in [1.165, 1.54) is 14.2 Å². The highest BCUT2D eigenvalue weighted by Gasteiger charge is 2.33. The number of methoxy groups -OCH3 is 2. The zero-order valence-corrected chi connectivity index (χ0v) is 11.7. The Morgan fingerprint density at radius 2 is 1.85 bits per heavy atom. The molecule has 0 bridgehead atoms. The zero-order chi connectivity index (χ0) is 14.5. The van der Waals surface area contributed by atoms with E-state index in [1.54, 1.807) is 23.1 Å². The summed E-state index contributed by atoms with van der Waals surface area (Å²) in [6, 6.07) is 4.14. The Morgan fingerprint density at radius 1 is 1.15 bits per heavy atom. The maximum Gasteiger partial charge on any atom is 0.258 e. The first-order valence-corrected chi connectivity index (χ1v) is 6.62. The third-order valence-electron chi connectivity index (χ3n) is 3.54. The average Bonchev–Trinajstić information content (AvgIpc) is 2.48. The minimum Gasteiger partial charge on any atom is -0.493 e. The van der Waals surface area contributed by atoms with Gasteiger partial charge >= 0.3 is 0 Å². The summed E-state index contributed by atoms with van der Waals surface area (Å²) < 4.78 is 37.6. The van der Waals surface area contributed by atoms with Crippen molar-refractivity contribution in [3.63, 3.8) is 0 Å². The number of nitrogens with zero attached hydrogens (tertiary/aromatic N) is 1. The second-order valence-corrected chi connectivity index (χ2v) is 4.65. The Labute approximate surface area is 117 Å². The van der Waals surface area contributed by atoms with Crippen molar-refractivity contribution in [2.24, 2.45) is 0 Å². The fraction of sp³-hybridized carbons (Fsp3) is 0.571. The molecule has 20 heavy (non-hydrogen) atoms. The molecule has 1 aliphatic rings. The van der Waals surface area contributed by atoms with Crippen LogP contribution in [0.4, 0.5) is 8.78 Å². The van der Waals surface area contributed by atoms with Crippen molar-refractivity contribution in [2.45, 2.75) is 12.5 Å². The van der Waals surface area contributed by atoms with Gasteiger partial charge in [-0.3, -0.25) is 4.90 Å². The summed E-state index contributed by atoms with van der Waals surface area (Å²) in [6.45, 7) is 2.62. The number of para-hydroxylation sites is 1. The van der Waals surface area contributed by atoms with Crippen LogP contribution in [0, 0.1) is 0 Å². The van der Waals surface area contributed by atoms with E-state index in [0.717, 1.165) is 13.1 Å². The molecule has 1 aromatic rings. The van der Waals surface area contributed by atoms with Gasteiger partial charge in [0, 0.05) is 31.7 Å². The van der Waals surface area contributed by atoms with Crippen LogP contribution in [-0.2, 0) is 0 Å². The Bertz CT molecular complexity index is 437. The highest BCUT2D eigenvalue weighted by atomic mass is 19.3. The molecule has 1 N–H and O–H groups in total. The molecule has 0 radical (unpaired) electrons. The Morgan fingerprint density at radius 3 is 2.40 bits per heavy atom. The second kappa shape index (κ2) is 6.85. The SMILES string of the molecule is COc1cccc([C@H](C(F)F)N2CCNCC2)c1OC. The summed E-state index contributed by atoms with van der Waals surface area (Å²) in [7, 11) is 2.98. The van der Waals surface area contributed by atoms with Crippen LogP contribution >= 0.6 is 0 Å². The van der Waals surface area contributed by atoms with E-state index in [-0.39, 0.29) is 0 Å². The number of ether oxygens (including phenoxy) is 2. The number of alkyl halides is 2. The normalized spacial score (nSPS) is 18.1. The van der Waals surface area contributed by atoms with Crippen molar-refractivity contribution in [3.05, 3.63) is 23.8 Å². The van der Waals surface area contributed by atoms with Crippen LogP contribution in [0.5, 0.6) is 11.5 Å². The first-order valence-electron chi connectivity index (χ1n) is 6.62. The van der Waals surface area contributed by atoms with E-state index in [9.17, 15) is 8.78 Å². The third-order valence-corrected chi connectivity index (χ3v) is 3.54. The maximum absolute atomic E-state index is 13.6. The van der Waals surface area contributed by atoms with Crippen LogP contribution in [0.25, 0.3) is 0 Å². The van der Waals surface area contributed by atoms with Gasteiger partial charge in [-0.05, 0) is 6.07 Å². The minimum atomic E-state index is -2.48. The molecule has 1 aliphatic heterocycles. The van der Waals surface area contributed by atoms with Gasteiger partial charge in [-0.2, -0.15) is 0 Å². The van der Waals surface area contributed by atoms with Crippen LogP contribution in [0.2, 0.25) is 0 Å². The molecule has 4 nitrogen and oxygen atoms in total. The van der Waals surface area contributed by atoms with E-state index in [4.69, 9.17) is 9.47 Å². The van der Waals surface area contributed by atoms with Gasteiger partial charge in [0.25, 0.3) is 6.43 Å². The second-order valence-electron chi connectivity index (χ2n) is 4.65. The number of nitrogens with one attached hydrogen (secondary N) is 1. The molecule has 0 spiro atoms. The van der Waals surface area contributed by atoms with E-state index >= 15 is 0 Å². The first kappa shape index (κ1) is 15.0. The summed E-state index contributed by atoms with van der Waals surface area (Å²) >= 11 is 0. The molecule has 1 aromatic carbocycles. The zero-order valence-electron chi connectivity index (χ0n) is 11.7. The molecule has 0 aromatic heterocycles. The smallest absolute Gasteiger partial charge is 0.258 e. The van der Waals surface area contributed by atoms with Crippen molar-refractivity contribution in [1.82, 2.24) is 10.2 Å². The lowest BCUT2D eigenvalue weighted by molar-refractivity contribution is 0.0169. The topological polar surface area (TPSA) is 33.7 Å². The number of rotatable bonds is 5. The molecule has 1 atom stereocenters. The Balaban J connectivity index is 2.38. The lowest BCUT2D eigenvalue weighted by Gasteiger charge is -2.35. The Hall–Kier alpha value is -1.40. The summed E-state index contributed by atoms with van der Waals surface area (Å²) in [5.41, 5.74) is 0.476. The van der Waals surface area contributed by atoms with Gasteiger partial charge < -0.3 is 14.8 Å². The number of halogens is 2. The van der Waals surface area contributed by atoms with Crippen molar-refractivity contribution in [3.8, 4) is 11.5 Å². The van der Waals surface area contributed by atoms with Gasteiger partial charge in [-0.15, -0.1) is 0 Å². The van der Waals surface area contributed by atoms with Crippen molar-refractivity contribution in [1.29, 1.82) is 0 Å². The molecule has 112 valence electrons. The van der Waals surface area contributed by atoms with Gasteiger partial charge in [-0.25, -0.2) is 8.78 Å². The Kier molecular flexibility index (Phi) is 5.14. The minimum absolute atomic E-state index is 0.388. The van der Waals surface area contributed by atoms with Crippen LogP contribution in [0.1, 0.15) is 11.6 Å². The van der Waals surface area contributed by atoms with E-state index in [1.807, 2.05) is 0 Å². The number of hydrogen-bond acceptors (Lipinski definition) is 4. The fourth-order valence-electron chi connectivity index (χ4n) is 2.60. The predicted octanol–water partition coefficient (Wildman–Crippen LogP) is 1.92. The lowest BCUT2D eigenvalue weighted by atomic mass is 10.0. The van der Waals surface area contributed by atoms with Gasteiger partial charge in [0.2, 0.25) is 0 Å². The quantitative estimate of drug-likeness (QED) is 0.896. The molecule has 0 saturated carbocycles. The molecule has 0 unspecified atom stereocenters. The number of hydrogen-bond donors (Lipinski definition) is 1. The molecular weight excluding hydrogens is 266 g/mol. The predicted molar refractivity (Wildman–Crippen MR) is 72.7 cm³/mol. The number of piperazine rings is 1. The summed E-state index contributed by atoms with van der Waals surface area (Å²) in [6.07, 6.45) is -2.48. The van der Waals surface area contributed by atoms with Crippen LogP contribution in [0.3, 0.4) is 0 Å². The summed E-state index contributed by atoms with van der Waals surface area (Å²) in [5.74, 6) is 0.865. The van der Waals surface area contributed by atoms with Gasteiger partial charge in [0.15, 0.2) is 11.5 Å². The van der Waals surface area contributed by atoms with Crippen molar-refractivity contribution < 1.29 is 18.3 Å². The molecule has 0 amide bonds. The van der Waals surface area contributed by atoms with Crippen LogP contribution in [-0.4, -0.2) is 51.7 Å². The van der Waals surface area contributed by atoms with E-state index in [2.05, 4.69) is 5.32 Å². The molecule has 1 fully saturated rings. The first-order chi connectivity index (χ1) is 9.69. The largest absolute Gasteiger partial charge is 0.493 e. The van der Waals surface area contributed by atoms with Gasteiger partial charge in [0.05, 0.1) is 14.2 Å². The molecule has 6 heteroatoms. The van der Waals surface area contributed by atoms with Gasteiger partial charge in [-0.1, -0.05) is 12.1 Å². The maximum atomic E-state index is 13.6. The van der Waals surface area contributed by atoms with Crippen molar-refractivity contribution in [2.75, 3.05) is 40.4 Å².